The molecular formula is C11H12ClNO3. The van der Waals surface area contributed by atoms with Crippen molar-refractivity contribution in [1.29, 1.82) is 0 Å². The van der Waals surface area contributed by atoms with Gasteiger partial charge in [0.2, 0.25) is 0 Å². The van der Waals surface area contributed by atoms with Gasteiger partial charge in [0.1, 0.15) is 0 Å². The second kappa shape index (κ2) is 4.41. The van der Waals surface area contributed by atoms with Crippen LogP contribution in [0.3, 0.4) is 0 Å². The van der Waals surface area contributed by atoms with Crippen LogP contribution in [0, 0.1) is 0 Å². The van der Waals surface area contributed by atoms with Crippen LogP contribution in [0.2, 0.25) is 5.02 Å². The van der Waals surface area contributed by atoms with Gasteiger partial charge in [0, 0.05) is 24.3 Å². The number of benzene rings is 1. The molecule has 1 aromatic rings. The average molecular weight is 242 g/mol. The lowest BCUT2D eigenvalue weighted by Crippen LogP contribution is -2.22. The number of halogens is 1. The Bertz CT molecular complexity index is 400. The number of aliphatic hydroxyl groups is 2. The molecule has 1 saturated heterocycles. The third kappa shape index (κ3) is 2.04. The number of hydrogen-bond donors (Lipinski definition) is 2. The largest absolute Gasteiger partial charge is 0.389 e. The van der Waals surface area contributed by atoms with E-state index in [0.717, 1.165) is 5.69 Å². The number of β-amino-alcohol motifs (C(OH)–C–C–N with tert-alkyl or cyclic N) is 2. The summed E-state index contributed by atoms with van der Waals surface area (Å²) >= 11 is 5.90. The normalized spacial score (nSPS) is 24.8. The van der Waals surface area contributed by atoms with Crippen LogP contribution in [0.25, 0.3) is 0 Å². The third-order valence-corrected chi connectivity index (χ3v) is 3.06. The van der Waals surface area contributed by atoms with Crippen LogP contribution in [0.15, 0.2) is 18.2 Å². The average Bonchev–Trinajstić information content (AvgIpc) is 2.59. The molecule has 0 aromatic heterocycles. The van der Waals surface area contributed by atoms with Gasteiger partial charge in [-0.1, -0.05) is 11.6 Å². The van der Waals surface area contributed by atoms with Crippen molar-refractivity contribution >= 4 is 23.6 Å². The molecule has 4 nitrogen and oxygen atoms in total. The van der Waals surface area contributed by atoms with Crippen LogP contribution in [-0.2, 0) is 0 Å². The predicted molar refractivity (Wildman–Crippen MR) is 61.1 cm³/mol. The number of anilines is 1. The molecule has 16 heavy (non-hydrogen) atoms. The Morgan fingerprint density at radius 1 is 1.31 bits per heavy atom. The molecule has 0 saturated carbocycles. The number of aldehydes is 1. The molecule has 1 aliphatic rings. The Morgan fingerprint density at radius 2 is 1.94 bits per heavy atom. The Labute approximate surface area is 98.1 Å². The van der Waals surface area contributed by atoms with E-state index in [-0.39, 0.29) is 0 Å². The Balaban J connectivity index is 2.22. The van der Waals surface area contributed by atoms with E-state index in [1.165, 1.54) is 0 Å². The molecule has 2 unspecified atom stereocenters. The molecule has 0 radical (unpaired) electrons. The van der Waals surface area contributed by atoms with Crippen molar-refractivity contribution in [3.8, 4) is 0 Å². The highest BCUT2D eigenvalue weighted by Crippen LogP contribution is 2.25. The van der Waals surface area contributed by atoms with E-state index >= 15 is 0 Å². The van der Waals surface area contributed by atoms with Crippen LogP contribution in [0.1, 0.15) is 10.4 Å². The number of nitrogens with zero attached hydrogens (tertiary/aromatic N) is 1. The fourth-order valence-electron chi connectivity index (χ4n) is 1.79. The Hall–Kier alpha value is -1.10. The Kier molecular flexibility index (Phi) is 3.14. The molecule has 0 bridgehead atoms. The zero-order valence-electron chi connectivity index (χ0n) is 8.51. The molecule has 2 atom stereocenters. The van der Waals surface area contributed by atoms with Crippen LogP contribution in [0.4, 0.5) is 5.69 Å². The molecule has 1 fully saturated rings. The summed E-state index contributed by atoms with van der Waals surface area (Å²) in [7, 11) is 0. The first-order valence-corrected chi connectivity index (χ1v) is 5.35. The summed E-state index contributed by atoms with van der Waals surface area (Å²) in [4.78, 5) is 12.4. The molecular weight excluding hydrogens is 230 g/mol. The van der Waals surface area contributed by atoms with Gasteiger partial charge in [0.15, 0.2) is 6.29 Å². The van der Waals surface area contributed by atoms with Crippen molar-refractivity contribution < 1.29 is 15.0 Å². The van der Waals surface area contributed by atoms with Crippen molar-refractivity contribution in [2.75, 3.05) is 18.0 Å². The number of rotatable bonds is 2. The summed E-state index contributed by atoms with van der Waals surface area (Å²) in [6.07, 6.45) is -0.770. The zero-order valence-corrected chi connectivity index (χ0v) is 9.26. The molecule has 5 heteroatoms. The highest BCUT2D eigenvalue weighted by molar-refractivity contribution is 6.33. The lowest BCUT2D eigenvalue weighted by atomic mass is 10.2. The number of carbonyl (C=O) groups excluding carboxylic acids is 1. The van der Waals surface area contributed by atoms with E-state index in [0.29, 0.717) is 30.0 Å². The first kappa shape index (κ1) is 11.4. The van der Waals surface area contributed by atoms with Crippen molar-refractivity contribution in [1.82, 2.24) is 0 Å². The zero-order chi connectivity index (χ0) is 11.7. The summed E-state index contributed by atoms with van der Waals surface area (Å²) in [5.74, 6) is 0. The molecule has 1 aromatic carbocycles. The number of aliphatic hydroxyl groups excluding tert-OH is 2. The molecule has 86 valence electrons. The van der Waals surface area contributed by atoms with Crippen LogP contribution < -0.4 is 4.90 Å². The predicted octanol–water partition coefficient (Wildman–Crippen LogP) is 0.694. The summed E-state index contributed by atoms with van der Waals surface area (Å²) in [5, 5.41) is 19.2. The van der Waals surface area contributed by atoms with E-state index in [1.807, 2.05) is 4.90 Å². The second-order valence-electron chi connectivity index (χ2n) is 3.86. The first-order valence-electron chi connectivity index (χ1n) is 4.97. The van der Waals surface area contributed by atoms with Gasteiger partial charge < -0.3 is 15.1 Å². The van der Waals surface area contributed by atoms with Gasteiger partial charge in [-0.05, 0) is 18.2 Å². The molecule has 1 heterocycles. The number of hydrogen-bond acceptors (Lipinski definition) is 4. The molecule has 0 spiro atoms. The van der Waals surface area contributed by atoms with Gasteiger partial charge in [-0.25, -0.2) is 0 Å². The van der Waals surface area contributed by atoms with Gasteiger partial charge in [0.25, 0.3) is 0 Å². The van der Waals surface area contributed by atoms with Crippen molar-refractivity contribution in [2.24, 2.45) is 0 Å². The summed E-state index contributed by atoms with van der Waals surface area (Å²) < 4.78 is 0. The molecule has 1 aliphatic heterocycles. The van der Waals surface area contributed by atoms with Gasteiger partial charge in [-0.15, -0.1) is 0 Å². The van der Waals surface area contributed by atoms with E-state index in [2.05, 4.69) is 0 Å². The van der Waals surface area contributed by atoms with Gasteiger partial charge in [-0.2, -0.15) is 0 Å². The van der Waals surface area contributed by atoms with Crippen molar-refractivity contribution in [3.63, 3.8) is 0 Å². The lowest BCUT2D eigenvalue weighted by Gasteiger charge is -2.18. The van der Waals surface area contributed by atoms with E-state index in [9.17, 15) is 15.0 Å². The minimum atomic E-state index is -0.732. The highest BCUT2D eigenvalue weighted by Gasteiger charge is 2.29. The standard InChI is InChI=1S/C11H12ClNO3/c12-9-3-8(2-1-7(9)6-14)13-4-10(15)11(16)5-13/h1-3,6,10-11,15-16H,4-5H2. The maximum absolute atomic E-state index is 10.6. The Morgan fingerprint density at radius 3 is 2.44 bits per heavy atom. The summed E-state index contributed by atoms with van der Waals surface area (Å²) in [6.45, 7) is 0.746. The lowest BCUT2D eigenvalue weighted by molar-refractivity contribution is 0.0572. The van der Waals surface area contributed by atoms with Crippen LogP contribution in [-0.4, -0.2) is 41.8 Å². The molecule has 2 N–H and O–H groups in total. The van der Waals surface area contributed by atoms with Crippen LogP contribution >= 0.6 is 11.6 Å². The fourth-order valence-corrected chi connectivity index (χ4v) is 2.01. The van der Waals surface area contributed by atoms with E-state index in [4.69, 9.17) is 11.6 Å². The van der Waals surface area contributed by atoms with Crippen molar-refractivity contribution in [3.05, 3.63) is 28.8 Å². The maximum Gasteiger partial charge on any atom is 0.151 e. The maximum atomic E-state index is 10.6. The van der Waals surface area contributed by atoms with Gasteiger partial charge in [0.05, 0.1) is 17.2 Å². The molecule has 2 rings (SSSR count). The van der Waals surface area contributed by atoms with Gasteiger partial charge in [-0.3, -0.25) is 4.79 Å². The van der Waals surface area contributed by atoms with E-state index in [1.54, 1.807) is 18.2 Å². The SMILES string of the molecule is O=Cc1ccc(N2CC(O)C(O)C2)cc1Cl. The molecule has 0 amide bonds. The fraction of sp³-hybridized carbons (Fsp3) is 0.364. The molecule has 0 aliphatic carbocycles. The quantitative estimate of drug-likeness (QED) is 0.749. The highest BCUT2D eigenvalue weighted by atomic mass is 35.5. The minimum absolute atomic E-state index is 0.373. The third-order valence-electron chi connectivity index (χ3n) is 2.74. The summed E-state index contributed by atoms with van der Waals surface area (Å²) in [6, 6.07) is 5.04. The van der Waals surface area contributed by atoms with Crippen molar-refractivity contribution in [2.45, 2.75) is 12.2 Å². The van der Waals surface area contributed by atoms with E-state index < -0.39 is 12.2 Å². The summed E-state index contributed by atoms with van der Waals surface area (Å²) in [5.41, 5.74) is 1.23. The second-order valence-corrected chi connectivity index (χ2v) is 4.27. The first-order chi connectivity index (χ1) is 7.61. The minimum Gasteiger partial charge on any atom is -0.389 e. The van der Waals surface area contributed by atoms with Crippen LogP contribution in [0.5, 0.6) is 0 Å². The van der Waals surface area contributed by atoms with Gasteiger partial charge >= 0.3 is 0 Å². The number of carbonyl (C=O) groups is 1. The monoisotopic (exact) mass is 241 g/mol. The topological polar surface area (TPSA) is 60.8 Å². The smallest absolute Gasteiger partial charge is 0.151 e.